The fourth-order valence-electron chi connectivity index (χ4n) is 5.49. The lowest BCUT2D eigenvalue weighted by Gasteiger charge is -2.25. The molecule has 5 aromatic rings. The van der Waals surface area contributed by atoms with Gasteiger partial charge in [-0.15, -0.1) is 0 Å². The molecule has 0 radical (unpaired) electrons. The molecule has 0 bridgehead atoms. The first kappa shape index (κ1) is 29.8. The highest BCUT2D eigenvalue weighted by Gasteiger charge is 2.32. The summed E-state index contributed by atoms with van der Waals surface area (Å²) in [5, 5.41) is 12.3. The summed E-state index contributed by atoms with van der Waals surface area (Å²) in [5.74, 6) is 0.0333. The highest BCUT2D eigenvalue weighted by molar-refractivity contribution is 7.07. The number of furan rings is 1. The molecule has 3 aromatic carbocycles. The Bertz CT molecular complexity index is 2150. The highest BCUT2D eigenvalue weighted by atomic mass is 32.1. The van der Waals surface area contributed by atoms with E-state index in [1.165, 1.54) is 17.4 Å². The number of aromatic nitrogens is 1. The number of carboxylic acid groups (broad SMARTS) is 1. The number of nitrogens with one attached hydrogen (secondary N) is 1. The van der Waals surface area contributed by atoms with Gasteiger partial charge in [-0.05, 0) is 72.9 Å². The number of hydrogen-bond donors (Lipinski definition) is 2. The van der Waals surface area contributed by atoms with E-state index in [1.54, 1.807) is 41.8 Å². The maximum Gasteiger partial charge on any atom is 0.335 e. The topological polar surface area (TPSA) is 114 Å². The summed E-state index contributed by atoms with van der Waals surface area (Å²) in [5.41, 5.74) is 4.98. The third kappa shape index (κ3) is 5.82. The molecule has 1 amide bonds. The number of allylic oxidation sites excluding steroid dienone is 1. The van der Waals surface area contributed by atoms with Crippen molar-refractivity contribution in [1.29, 1.82) is 0 Å². The van der Waals surface area contributed by atoms with Crippen LogP contribution in [0, 0.1) is 6.92 Å². The van der Waals surface area contributed by atoms with Gasteiger partial charge in [0.1, 0.15) is 11.5 Å². The van der Waals surface area contributed by atoms with Gasteiger partial charge in [-0.3, -0.25) is 14.2 Å². The van der Waals surface area contributed by atoms with Crippen molar-refractivity contribution < 1.29 is 19.1 Å². The molecule has 0 saturated heterocycles. The number of para-hydroxylation sites is 1. The summed E-state index contributed by atoms with van der Waals surface area (Å²) in [4.78, 5) is 44.4. The quantitative estimate of drug-likeness (QED) is 0.224. The predicted molar refractivity (Wildman–Crippen MR) is 175 cm³/mol. The number of carbonyl (C=O) groups is 2. The second-order valence-electron chi connectivity index (χ2n) is 11.3. The molecule has 0 fully saturated rings. The van der Waals surface area contributed by atoms with Crippen LogP contribution in [-0.2, 0) is 4.79 Å². The van der Waals surface area contributed by atoms with Crippen LogP contribution in [0.1, 0.15) is 65.5 Å². The molecule has 0 spiro atoms. The van der Waals surface area contributed by atoms with Gasteiger partial charge < -0.3 is 14.8 Å². The molecule has 0 aliphatic carbocycles. The van der Waals surface area contributed by atoms with E-state index >= 15 is 0 Å². The van der Waals surface area contributed by atoms with Crippen molar-refractivity contribution in [3.8, 4) is 11.3 Å². The van der Waals surface area contributed by atoms with Crippen LogP contribution in [0.3, 0.4) is 0 Å². The highest BCUT2D eigenvalue weighted by Crippen LogP contribution is 2.32. The van der Waals surface area contributed by atoms with E-state index in [-0.39, 0.29) is 17.0 Å². The molecule has 45 heavy (non-hydrogen) atoms. The lowest BCUT2D eigenvalue weighted by atomic mass is 9.93. The Morgan fingerprint density at radius 1 is 1.00 bits per heavy atom. The number of aromatic carboxylic acids is 1. The van der Waals surface area contributed by atoms with E-state index in [0.29, 0.717) is 43.7 Å². The summed E-state index contributed by atoms with van der Waals surface area (Å²) < 4.78 is 8.09. The maximum absolute atomic E-state index is 14.1. The molecule has 2 aromatic heterocycles. The number of anilines is 1. The van der Waals surface area contributed by atoms with E-state index in [0.717, 1.165) is 22.3 Å². The molecular formula is C36H31N3O5S. The zero-order chi connectivity index (χ0) is 31.8. The molecule has 9 heteroatoms. The number of carboxylic acids is 1. The summed E-state index contributed by atoms with van der Waals surface area (Å²) in [6.07, 6.45) is 1.68. The Kier molecular flexibility index (Phi) is 7.95. The first-order chi connectivity index (χ1) is 21.6. The Balaban J connectivity index is 1.43. The number of fused-ring (bicyclic) bond motifs is 1. The van der Waals surface area contributed by atoms with Gasteiger partial charge in [-0.1, -0.05) is 73.7 Å². The van der Waals surface area contributed by atoms with Crippen molar-refractivity contribution >= 4 is 35.0 Å². The van der Waals surface area contributed by atoms with Gasteiger partial charge >= 0.3 is 5.97 Å². The van der Waals surface area contributed by atoms with Crippen molar-refractivity contribution in [2.24, 2.45) is 4.99 Å². The van der Waals surface area contributed by atoms with Crippen LogP contribution in [0.15, 0.2) is 110 Å². The molecule has 3 heterocycles. The minimum atomic E-state index is -0.995. The molecule has 0 saturated carbocycles. The average molecular weight is 618 g/mol. The fourth-order valence-corrected chi connectivity index (χ4v) is 6.51. The number of hydrogen-bond acceptors (Lipinski definition) is 6. The van der Waals surface area contributed by atoms with Gasteiger partial charge in [-0.25, -0.2) is 9.79 Å². The minimum Gasteiger partial charge on any atom is -0.478 e. The average Bonchev–Trinajstić information content (AvgIpc) is 3.60. The monoisotopic (exact) mass is 617 g/mol. The van der Waals surface area contributed by atoms with Crippen LogP contribution < -0.4 is 20.2 Å². The molecule has 2 N–H and O–H groups in total. The van der Waals surface area contributed by atoms with E-state index in [1.807, 2.05) is 61.5 Å². The van der Waals surface area contributed by atoms with Gasteiger partial charge in [0.15, 0.2) is 4.80 Å². The van der Waals surface area contributed by atoms with E-state index < -0.39 is 12.0 Å². The molecule has 1 aliphatic heterocycles. The van der Waals surface area contributed by atoms with Crippen LogP contribution >= 0.6 is 11.3 Å². The van der Waals surface area contributed by atoms with Crippen LogP contribution in [-0.4, -0.2) is 21.6 Å². The number of thiazole rings is 1. The van der Waals surface area contributed by atoms with Crippen LogP contribution in [0.4, 0.5) is 5.69 Å². The lowest BCUT2D eigenvalue weighted by Crippen LogP contribution is -2.40. The SMILES string of the molecule is CC1=C(C(=O)Nc2ccccc2)[C@@H](c2ccc(C(C)C)cc2)n2c(s/c(=C\c3ccc(-c4ccc(C(=O)O)cc4C)o3)c2=O)=N1. The zero-order valence-corrected chi connectivity index (χ0v) is 26.0. The predicted octanol–water partition coefficient (Wildman–Crippen LogP) is 6.26. The number of amides is 1. The van der Waals surface area contributed by atoms with E-state index in [4.69, 9.17) is 9.41 Å². The molecular weight excluding hydrogens is 586 g/mol. The summed E-state index contributed by atoms with van der Waals surface area (Å²) in [7, 11) is 0. The lowest BCUT2D eigenvalue weighted by molar-refractivity contribution is -0.113. The van der Waals surface area contributed by atoms with E-state index in [2.05, 4.69) is 19.2 Å². The number of rotatable bonds is 7. The number of aryl methyl sites for hydroxylation is 1. The summed E-state index contributed by atoms with van der Waals surface area (Å²) >= 11 is 1.24. The van der Waals surface area contributed by atoms with Crippen molar-refractivity contribution in [2.45, 2.75) is 39.7 Å². The van der Waals surface area contributed by atoms with E-state index in [9.17, 15) is 19.5 Å². The maximum atomic E-state index is 14.1. The van der Waals surface area contributed by atoms with Gasteiger partial charge in [0.2, 0.25) is 0 Å². The molecule has 1 atom stereocenters. The van der Waals surface area contributed by atoms with Gasteiger partial charge in [0.05, 0.1) is 27.4 Å². The van der Waals surface area contributed by atoms with Crippen molar-refractivity contribution in [1.82, 2.24) is 4.57 Å². The molecule has 8 nitrogen and oxygen atoms in total. The Hall–Kier alpha value is -5.28. The zero-order valence-electron chi connectivity index (χ0n) is 25.2. The fraction of sp³-hybridized carbons (Fsp3) is 0.167. The molecule has 226 valence electrons. The third-order valence-corrected chi connectivity index (χ3v) is 8.84. The molecule has 1 aliphatic rings. The summed E-state index contributed by atoms with van der Waals surface area (Å²) in [6, 6.07) is 24.9. The van der Waals surface area contributed by atoms with Gasteiger partial charge in [0, 0.05) is 17.3 Å². The van der Waals surface area contributed by atoms with Crippen LogP contribution in [0.25, 0.3) is 17.4 Å². The Morgan fingerprint density at radius 3 is 2.40 bits per heavy atom. The largest absolute Gasteiger partial charge is 0.478 e. The van der Waals surface area contributed by atoms with Crippen molar-refractivity contribution in [2.75, 3.05) is 5.32 Å². The minimum absolute atomic E-state index is 0.199. The third-order valence-electron chi connectivity index (χ3n) is 7.86. The van der Waals surface area contributed by atoms with Crippen LogP contribution in [0.5, 0.6) is 0 Å². The van der Waals surface area contributed by atoms with Gasteiger partial charge in [0.25, 0.3) is 11.5 Å². The second-order valence-corrected chi connectivity index (χ2v) is 12.3. The normalized spacial score (nSPS) is 14.8. The molecule has 6 rings (SSSR count). The first-order valence-corrected chi connectivity index (χ1v) is 15.4. The second kappa shape index (κ2) is 12.0. The summed E-state index contributed by atoms with van der Waals surface area (Å²) in [6.45, 7) is 7.85. The number of carbonyl (C=O) groups excluding carboxylic acids is 1. The molecule has 0 unspecified atom stereocenters. The van der Waals surface area contributed by atoms with Crippen molar-refractivity contribution in [3.63, 3.8) is 0 Å². The smallest absolute Gasteiger partial charge is 0.335 e. The standard InChI is InChI=1S/C36H31N3O5S/c1-20(2)23-10-12-24(13-11-23)32-31(33(40)38-26-8-6-5-7-9-26)22(4)37-36-39(32)34(41)30(45-36)19-27-15-17-29(44-27)28-16-14-25(35(42)43)18-21(28)3/h5-20,32H,1-4H3,(H,38,40)(H,42,43)/b30-19-/t32-/m1/s1. The first-order valence-electron chi connectivity index (χ1n) is 14.5. The number of benzene rings is 3. The van der Waals surface area contributed by atoms with Crippen molar-refractivity contribution in [3.05, 3.63) is 144 Å². The Labute approximate surface area is 263 Å². The Morgan fingerprint density at radius 2 is 1.73 bits per heavy atom. The number of nitrogens with zero attached hydrogens (tertiary/aromatic N) is 2. The van der Waals surface area contributed by atoms with Gasteiger partial charge in [-0.2, -0.15) is 0 Å². The van der Waals surface area contributed by atoms with Crippen LogP contribution in [0.2, 0.25) is 0 Å².